The molecule has 0 aliphatic carbocycles. The molecule has 0 saturated carbocycles. The van der Waals surface area contributed by atoms with E-state index in [1.807, 2.05) is 67.6 Å². The lowest BCUT2D eigenvalue weighted by molar-refractivity contribution is -0.122. The molecule has 1 fully saturated rings. The van der Waals surface area contributed by atoms with E-state index in [4.69, 9.17) is 9.97 Å². The van der Waals surface area contributed by atoms with Crippen LogP contribution in [0.15, 0.2) is 84.9 Å². The fraction of sp³-hybridized carbons (Fsp3) is 0.267. The topological polar surface area (TPSA) is 85.1 Å². The third-order valence-corrected chi connectivity index (χ3v) is 6.82. The highest BCUT2D eigenvalue weighted by Gasteiger charge is 2.31. The molecule has 0 bridgehead atoms. The van der Waals surface area contributed by atoms with E-state index in [0.717, 1.165) is 43.8 Å². The lowest BCUT2D eigenvalue weighted by atomic mass is 10.0. The van der Waals surface area contributed by atoms with Crippen molar-refractivity contribution in [2.45, 2.75) is 25.4 Å². The van der Waals surface area contributed by atoms with Gasteiger partial charge in [0.15, 0.2) is 11.7 Å². The summed E-state index contributed by atoms with van der Waals surface area (Å²) in [6.45, 7) is 6.01. The molecule has 0 spiro atoms. The number of carbonyl (C=O) groups excluding carboxylic acids is 1. The van der Waals surface area contributed by atoms with Crippen LogP contribution in [-0.4, -0.2) is 47.0 Å². The summed E-state index contributed by atoms with van der Waals surface area (Å²) < 4.78 is 0. The highest BCUT2D eigenvalue weighted by Crippen LogP contribution is 2.29. The van der Waals surface area contributed by atoms with Crippen molar-refractivity contribution in [1.29, 1.82) is 5.26 Å². The van der Waals surface area contributed by atoms with Crippen LogP contribution in [0.4, 0.5) is 5.82 Å². The standard InChI is InChI=1S/C30H30N6O/c1-22(24-12-6-3-7-13-24)32-30(37)25(20-31)28-29(34-27-15-9-8-14-26(27)33-28)36-18-16-35(17-19-36)21-23-10-4-2-5-11-23/h2-15,22,25H,16-19,21H2,1H3,(H,32,37)/t22-,25-/m0/s1. The third-order valence-electron chi connectivity index (χ3n) is 6.82. The summed E-state index contributed by atoms with van der Waals surface area (Å²) in [5, 5.41) is 13.1. The Morgan fingerprint density at radius 3 is 2.14 bits per heavy atom. The molecule has 5 rings (SSSR count). The Bertz CT molecular complexity index is 1390. The number of fused-ring (bicyclic) bond motifs is 1. The summed E-state index contributed by atoms with van der Waals surface area (Å²) in [5.41, 5.74) is 4.11. The van der Waals surface area contributed by atoms with Gasteiger partial charge >= 0.3 is 0 Å². The van der Waals surface area contributed by atoms with E-state index in [9.17, 15) is 10.1 Å². The Morgan fingerprint density at radius 1 is 0.892 bits per heavy atom. The van der Waals surface area contributed by atoms with Crippen LogP contribution in [0.3, 0.4) is 0 Å². The first-order valence-corrected chi connectivity index (χ1v) is 12.6. The number of hydrogen-bond donors (Lipinski definition) is 1. The lowest BCUT2D eigenvalue weighted by Gasteiger charge is -2.36. The molecular weight excluding hydrogens is 460 g/mol. The van der Waals surface area contributed by atoms with Gasteiger partial charge in [-0.05, 0) is 30.2 Å². The average molecular weight is 491 g/mol. The monoisotopic (exact) mass is 490 g/mol. The van der Waals surface area contributed by atoms with E-state index < -0.39 is 5.92 Å². The van der Waals surface area contributed by atoms with Gasteiger partial charge in [0.2, 0.25) is 5.91 Å². The number of hydrogen-bond acceptors (Lipinski definition) is 6. The maximum absolute atomic E-state index is 13.4. The number of aromatic nitrogens is 2. The molecule has 1 aromatic heterocycles. The zero-order chi connectivity index (χ0) is 25.6. The molecule has 0 radical (unpaired) electrons. The van der Waals surface area contributed by atoms with Crippen molar-refractivity contribution in [3.8, 4) is 6.07 Å². The molecule has 0 unspecified atom stereocenters. The molecule has 1 amide bonds. The fourth-order valence-electron chi connectivity index (χ4n) is 4.76. The zero-order valence-electron chi connectivity index (χ0n) is 20.9. The van der Waals surface area contributed by atoms with Crippen LogP contribution in [0.25, 0.3) is 11.0 Å². The number of anilines is 1. The van der Waals surface area contributed by atoms with E-state index in [1.54, 1.807) is 0 Å². The maximum atomic E-state index is 13.4. The summed E-state index contributed by atoms with van der Waals surface area (Å²) in [5.74, 6) is -0.819. The van der Waals surface area contributed by atoms with Gasteiger partial charge in [0.05, 0.1) is 23.1 Å². The maximum Gasteiger partial charge on any atom is 0.244 e. The van der Waals surface area contributed by atoms with Crippen LogP contribution in [0, 0.1) is 11.3 Å². The van der Waals surface area contributed by atoms with Crippen molar-refractivity contribution in [1.82, 2.24) is 20.2 Å². The van der Waals surface area contributed by atoms with Gasteiger partial charge in [0.1, 0.15) is 5.69 Å². The van der Waals surface area contributed by atoms with Crippen molar-refractivity contribution >= 4 is 22.8 Å². The van der Waals surface area contributed by atoms with Crippen LogP contribution in [0.2, 0.25) is 0 Å². The smallest absolute Gasteiger partial charge is 0.244 e. The summed E-state index contributed by atoms with van der Waals surface area (Å²) in [4.78, 5) is 27.6. The Balaban J connectivity index is 1.39. The number of carbonyl (C=O) groups is 1. The molecule has 37 heavy (non-hydrogen) atoms. The second kappa shape index (κ2) is 11.2. The predicted octanol–water partition coefficient (Wildman–Crippen LogP) is 4.44. The van der Waals surface area contributed by atoms with Crippen molar-refractivity contribution in [3.05, 3.63) is 102 Å². The molecule has 1 aliphatic heterocycles. The van der Waals surface area contributed by atoms with Crippen LogP contribution in [-0.2, 0) is 11.3 Å². The number of nitrogens with one attached hydrogen (secondary N) is 1. The van der Waals surface area contributed by atoms with Crippen LogP contribution < -0.4 is 10.2 Å². The zero-order valence-corrected chi connectivity index (χ0v) is 20.9. The van der Waals surface area contributed by atoms with E-state index in [-0.39, 0.29) is 11.9 Å². The van der Waals surface area contributed by atoms with E-state index in [1.165, 1.54) is 5.56 Å². The third kappa shape index (κ3) is 5.60. The number of amides is 1. The number of benzene rings is 3. The molecule has 2 heterocycles. The van der Waals surface area contributed by atoms with E-state index in [0.29, 0.717) is 17.0 Å². The Morgan fingerprint density at radius 2 is 1.49 bits per heavy atom. The van der Waals surface area contributed by atoms with Crippen LogP contribution in [0.5, 0.6) is 0 Å². The molecule has 1 aliphatic rings. The minimum atomic E-state index is -1.07. The number of rotatable bonds is 7. The summed E-state index contributed by atoms with van der Waals surface area (Å²) >= 11 is 0. The van der Waals surface area contributed by atoms with E-state index in [2.05, 4.69) is 45.5 Å². The first-order valence-electron chi connectivity index (χ1n) is 12.6. The molecule has 186 valence electrons. The molecule has 7 heteroatoms. The first-order chi connectivity index (χ1) is 18.1. The first kappa shape index (κ1) is 24.4. The van der Waals surface area contributed by atoms with Crippen molar-refractivity contribution in [3.63, 3.8) is 0 Å². The van der Waals surface area contributed by atoms with Gasteiger partial charge in [-0.1, -0.05) is 72.8 Å². The fourth-order valence-corrected chi connectivity index (χ4v) is 4.76. The highest BCUT2D eigenvalue weighted by molar-refractivity contribution is 5.89. The van der Waals surface area contributed by atoms with Crippen LogP contribution in [0.1, 0.15) is 35.7 Å². The van der Waals surface area contributed by atoms with Gasteiger partial charge in [0, 0.05) is 32.7 Å². The molecule has 7 nitrogen and oxygen atoms in total. The van der Waals surface area contributed by atoms with Gasteiger partial charge in [-0.3, -0.25) is 9.69 Å². The molecule has 3 aromatic carbocycles. The van der Waals surface area contributed by atoms with Gasteiger partial charge in [-0.2, -0.15) is 5.26 Å². The van der Waals surface area contributed by atoms with E-state index >= 15 is 0 Å². The molecule has 1 N–H and O–H groups in total. The molecule has 1 saturated heterocycles. The summed E-state index contributed by atoms with van der Waals surface area (Å²) in [7, 11) is 0. The van der Waals surface area contributed by atoms with Gasteiger partial charge < -0.3 is 10.2 Å². The number of para-hydroxylation sites is 2. The molecule has 4 aromatic rings. The molecular formula is C30H30N6O. The van der Waals surface area contributed by atoms with Crippen LogP contribution >= 0.6 is 0 Å². The van der Waals surface area contributed by atoms with Gasteiger partial charge in [-0.25, -0.2) is 9.97 Å². The Labute approximate surface area is 217 Å². The van der Waals surface area contributed by atoms with Crippen molar-refractivity contribution in [2.24, 2.45) is 0 Å². The average Bonchev–Trinajstić information content (AvgIpc) is 2.94. The minimum absolute atomic E-state index is 0.233. The van der Waals surface area contributed by atoms with Crippen molar-refractivity contribution in [2.75, 3.05) is 31.1 Å². The second-order valence-electron chi connectivity index (χ2n) is 9.37. The Hall–Kier alpha value is -4.28. The quantitative estimate of drug-likeness (QED) is 0.412. The largest absolute Gasteiger partial charge is 0.352 e. The normalized spacial score (nSPS) is 15.6. The minimum Gasteiger partial charge on any atom is -0.352 e. The second-order valence-corrected chi connectivity index (χ2v) is 9.37. The highest BCUT2D eigenvalue weighted by atomic mass is 16.2. The molecule has 2 atom stereocenters. The number of piperazine rings is 1. The summed E-state index contributed by atoms with van der Waals surface area (Å²) in [6.07, 6.45) is 0. The predicted molar refractivity (Wildman–Crippen MR) is 145 cm³/mol. The number of nitrogens with zero attached hydrogens (tertiary/aromatic N) is 5. The SMILES string of the molecule is C[C@H](NC(=O)[C@@H](C#N)c1nc2ccccc2nc1N1CCN(Cc2ccccc2)CC1)c1ccccc1. The van der Waals surface area contributed by atoms with Crippen molar-refractivity contribution < 1.29 is 4.79 Å². The Kier molecular flexibility index (Phi) is 7.38. The van der Waals surface area contributed by atoms with Gasteiger partial charge in [0.25, 0.3) is 0 Å². The lowest BCUT2D eigenvalue weighted by Crippen LogP contribution is -2.47. The van der Waals surface area contributed by atoms with Gasteiger partial charge in [-0.15, -0.1) is 0 Å². The number of nitriles is 1. The summed E-state index contributed by atoms with van der Waals surface area (Å²) in [6, 6.07) is 29.8.